The Morgan fingerprint density at radius 3 is 2.43 bits per heavy atom. The van der Waals surface area contributed by atoms with Crippen molar-refractivity contribution in [2.24, 2.45) is 0 Å². The molecule has 150 valence electrons. The second kappa shape index (κ2) is 9.08. The summed E-state index contributed by atoms with van der Waals surface area (Å²) in [5.41, 5.74) is 0.488. The topological polar surface area (TPSA) is 45.2 Å². The maximum Gasteiger partial charge on any atom is 0.417 e. The third kappa shape index (κ3) is 5.71. The van der Waals surface area contributed by atoms with Crippen molar-refractivity contribution in [2.75, 3.05) is 18.0 Å². The van der Waals surface area contributed by atoms with Gasteiger partial charge in [0.05, 0.1) is 5.56 Å². The van der Waals surface area contributed by atoms with Crippen LogP contribution >= 0.6 is 0 Å². The van der Waals surface area contributed by atoms with Gasteiger partial charge in [0.2, 0.25) is 5.91 Å². The van der Waals surface area contributed by atoms with Crippen LogP contribution in [0.4, 0.5) is 19.0 Å². The molecule has 1 aromatic carbocycles. The number of nitrogens with zero attached hydrogens (tertiary/aromatic N) is 2. The molecule has 28 heavy (non-hydrogen) atoms. The number of amides is 1. The second-order valence-electron chi connectivity index (χ2n) is 7.07. The number of carbonyl (C=O) groups excluding carboxylic acids is 1. The number of hydrogen-bond acceptors (Lipinski definition) is 3. The summed E-state index contributed by atoms with van der Waals surface area (Å²) in [5, 5.41) is 3.07. The highest BCUT2D eigenvalue weighted by molar-refractivity contribution is 5.76. The van der Waals surface area contributed by atoms with Crippen molar-refractivity contribution >= 4 is 11.7 Å². The van der Waals surface area contributed by atoms with Crippen LogP contribution in [0.25, 0.3) is 0 Å². The highest BCUT2D eigenvalue weighted by Crippen LogP contribution is 2.29. The molecule has 2 aromatic rings. The molecule has 0 saturated carbocycles. The van der Waals surface area contributed by atoms with Gasteiger partial charge in [-0.1, -0.05) is 30.3 Å². The number of nitrogens with one attached hydrogen (secondary N) is 1. The van der Waals surface area contributed by atoms with Gasteiger partial charge in [0.25, 0.3) is 0 Å². The summed E-state index contributed by atoms with van der Waals surface area (Å²) >= 11 is 0. The Morgan fingerprint density at radius 1 is 1.11 bits per heavy atom. The number of pyridine rings is 1. The number of aromatic nitrogens is 1. The zero-order valence-electron chi connectivity index (χ0n) is 15.6. The van der Waals surface area contributed by atoms with E-state index in [2.05, 4.69) is 22.4 Å². The Labute approximate surface area is 162 Å². The third-order valence-electron chi connectivity index (χ3n) is 4.97. The molecule has 0 aliphatic carbocycles. The average molecular weight is 391 g/mol. The number of piperidine rings is 1. The van der Waals surface area contributed by atoms with E-state index in [4.69, 9.17) is 0 Å². The van der Waals surface area contributed by atoms with Crippen LogP contribution in [0.15, 0.2) is 48.7 Å². The normalized spacial score (nSPS) is 15.5. The van der Waals surface area contributed by atoms with Crippen LogP contribution in [-0.4, -0.2) is 30.0 Å². The van der Waals surface area contributed by atoms with Crippen LogP contribution in [0.2, 0.25) is 0 Å². The van der Waals surface area contributed by atoms with Gasteiger partial charge in [0, 0.05) is 31.7 Å². The average Bonchev–Trinajstić information content (AvgIpc) is 2.69. The van der Waals surface area contributed by atoms with Crippen LogP contribution in [0.5, 0.6) is 0 Å². The summed E-state index contributed by atoms with van der Waals surface area (Å²) in [5.74, 6) is 0.600. The molecule has 1 saturated heterocycles. The van der Waals surface area contributed by atoms with Crippen molar-refractivity contribution < 1.29 is 18.0 Å². The van der Waals surface area contributed by atoms with Crippen molar-refractivity contribution in [2.45, 2.75) is 44.3 Å². The first-order valence-electron chi connectivity index (χ1n) is 9.53. The van der Waals surface area contributed by atoms with E-state index in [1.54, 1.807) is 0 Å². The van der Waals surface area contributed by atoms with Crippen LogP contribution in [0.1, 0.15) is 36.8 Å². The Hall–Kier alpha value is -2.57. The monoisotopic (exact) mass is 391 g/mol. The molecule has 1 fully saturated rings. The number of rotatable bonds is 6. The third-order valence-corrected chi connectivity index (χ3v) is 4.97. The predicted octanol–water partition coefficient (Wildman–Crippen LogP) is 4.21. The van der Waals surface area contributed by atoms with Crippen molar-refractivity contribution in [1.29, 1.82) is 0 Å². The smallest absolute Gasteiger partial charge is 0.356 e. The number of halogens is 3. The molecule has 0 radical (unpaired) electrons. The molecule has 7 heteroatoms. The molecule has 4 nitrogen and oxygen atoms in total. The summed E-state index contributed by atoms with van der Waals surface area (Å²) in [7, 11) is 0. The number of carbonyl (C=O) groups is 1. The lowest BCUT2D eigenvalue weighted by molar-refractivity contribution is -0.137. The molecule has 0 unspecified atom stereocenters. The van der Waals surface area contributed by atoms with Gasteiger partial charge in [-0.25, -0.2) is 4.98 Å². The molecule has 1 aliphatic heterocycles. The quantitative estimate of drug-likeness (QED) is 0.802. The van der Waals surface area contributed by atoms with Crippen LogP contribution in [0, 0.1) is 0 Å². The van der Waals surface area contributed by atoms with Crippen LogP contribution in [-0.2, 0) is 17.4 Å². The predicted molar refractivity (Wildman–Crippen MR) is 102 cm³/mol. The Bertz CT molecular complexity index is 755. The standard InChI is InChI=1S/C21H24F3N3O/c22-21(23,24)17-9-10-19(25-15-17)27-13-11-18(12-14-27)26-20(28)8-4-7-16-5-2-1-3-6-16/h1-3,5-6,9-10,15,18H,4,7-8,11-14H2,(H,26,28). The minimum absolute atomic E-state index is 0.0574. The van der Waals surface area contributed by atoms with E-state index in [1.165, 1.54) is 11.6 Å². The van der Waals surface area contributed by atoms with Gasteiger partial charge < -0.3 is 10.2 Å². The van der Waals surface area contributed by atoms with Gasteiger partial charge in [0.1, 0.15) is 5.82 Å². The highest BCUT2D eigenvalue weighted by atomic mass is 19.4. The minimum Gasteiger partial charge on any atom is -0.356 e. The van der Waals surface area contributed by atoms with Crippen molar-refractivity contribution in [3.63, 3.8) is 0 Å². The summed E-state index contributed by atoms with van der Waals surface area (Å²) in [4.78, 5) is 18.0. The van der Waals surface area contributed by atoms with E-state index in [0.29, 0.717) is 25.3 Å². The van der Waals surface area contributed by atoms with Gasteiger partial charge in [-0.15, -0.1) is 0 Å². The van der Waals surface area contributed by atoms with Crippen molar-refractivity contribution in [1.82, 2.24) is 10.3 Å². The van der Waals surface area contributed by atoms with E-state index in [-0.39, 0.29) is 11.9 Å². The highest BCUT2D eigenvalue weighted by Gasteiger charge is 2.31. The van der Waals surface area contributed by atoms with Gasteiger partial charge in [0.15, 0.2) is 0 Å². The lowest BCUT2D eigenvalue weighted by Crippen LogP contribution is -2.44. The van der Waals surface area contributed by atoms with Crippen LogP contribution in [0.3, 0.4) is 0 Å². The molecule has 0 atom stereocenters. The van der Waals surface area contributed by atoms with Gasteiger partial charge >= 0.3 is 6.18 Å². The van der Waals surface area contributed by atoms with Gasteiger partial charge in [-0.3, -0.25) is 4.79 Å². The second-order valence-corrected chi connectivity index (χ2v) is 7.07. The first-order chi connectivity index (χ1) is 13.4. The van der Waals surface area contributed by atoms with E-state index in [0.717, 1.165) is 37.9 Å². The zero-order chi connectivity index (χ0) is 20.0. The summed E-state index contributed by atoms with van der Waals surface area (Å²) in [6.45, 7) is 1.32. The van der Waals surface area contributed by atoms with E-state index >= 15 is 0 Å². The van der Waals surface area contributed by atoms with Crippen LogP contribution < -0.4 is 10.2 Å². The Morgan fingerprint density at radius 2 is 1.82 bits per heavy atom. The largest absolute Gasteiger partial charge is 0.417 e. The Balaban J connectivity index is 1.39. The molecule has 1 amide bonds. The molecular formula is C21H24F3N3O. The first-order valence-corrected chi connectivity index (χ1v) is 9.53. The number of hydrogen-bond donors (Lipinski definition) is 1. The molecule has 0 spiro atoms. The number of aryl methyl sites for hydroxylation is 1. The fourth-order valence-electron chi connectivity index (χ4n) is 3.39. The molecule has 3 rings (SSSR count). The lowest BCUT2D eigenvalue weighted by Gasteiger charge is -2.33. The zero-order valence-corrected chi connectivity index (χ0v) is 15.6. The minimum atomic E-state index is -4.37. The molecule has 0 bridgehead atoms. The molecule has 1 N–H and O–H groups in total. The van der Waals surface area contributed by atoms with E-state index in [9.17, 15) is 18.0 Å². The molecule has 2 heterocycles. The maximum atomic E-state index is 12.6. The summed E-state index contributed by atoms with van der Waals surface area (Å²) in [6, 6.07) is 12.7. The number of benzene rings is 1. The van der Waals surface area contributed by atoms with Gasteiger partial charge in [-0.2, -0.15) is 13.2 Å². The van der Waals surface area contributed by atoms with Gasteiger partial charge in [-0.05, 0) is 43.4 Å². The number of alkyl halides is 3. The lowest BCUT2D eigenvalue weighted by atomic mass is 10.0. The molecule has 1 aliphatic rings. The Kier molecular flexibility index (Phi) is 6.54. The summed E-state index contributed by atoms with van der Waals surface area (Å²) < 4.78 is 37.9. The maximum absolute atomic E-state index is 12.6. The fraction of sp³-hybridized carbons (Fsp3) is 0.429. The molecule has 1 aromatic heterocycles. The SMILES string of the molecule is O=C(CCCc1ccccc1)NC1CCN(c2ccc(C(F)(F)F)cn2)CC1. The molecular weight excluding hydrogens is 367 g/mol. The van der Waals surface area contributed by atoms with Crippen molar-refractivity contribution in [3.05, 3.63) is 59.8 Å². The fourth-order valence-corrected chi connectivity index (χ4v) is 3.39. The van der Waals surface area contributed by atoms with E-state index in [1.807, 2.05) is 23.1 Å². The van der Waals surface area contributed by atoms with E-state index < -0.39 is 11.7 Å². The summed E-state index contributed by atoms with van der Waals surface area (Å²) in [6.07, 6.45) is 0.200. The van der Waals surface area contributed by atoms with Crippen molar-refractivity contribution in [3.8, 4) is 0 Å². The first kappa shape index (κ1) is 20.2. The number of anilines is 1.